The van der Waals surface area contributed by atoms with Crippen LogP contribution in [0.15, 0.2) is 29.1 Å². The summed E-state index contributed by atoms with van der Waals surface area (Å²) >= 11 is 0. The van der Waals surface area contributed by atoms with E-state index in [9.17, 15) is 9.90 Å². The molecule has 1 aliphatic rings. The minimum atomic E-state index is -0.154. The SMILES string of the molecule is O=c1[nH]nc(-c2ccc(O)cc2)n1CC1CCCCC1. The van der Waals surface area contributed by atoms with Gasteiger partial charge in [0.05, 0.1) is 0 Å². The van der Waals surface area contributed by atoms with Crippen LogP contribution in [0.2, 0.25) is 0 Å². The van der Waals surface area contributed by atoms with E-state index in [0.29, 0.717) is 11.7 Å². The van der Waals surface area contributed by atoms with Gasteiger partial charge in [-0.15, -0.1) is 0 Å². The first kappa shape index (κ1) is 13.0. The van der Waals surface area contributed by atoms with Crippen molar-refractivity contribution in [2.24, 2.45) is 5.92 Å². The van der Waals surface area contributed by atoms with Crippen molar-refractivity contribution in [3.8, 4) is 17.1 Å². The first-order valence-corrected chi connectivity index (χ1v) is 7.18. The topological polar surface area (TPSA) is 70.9 Å². The highest BCUT2D eigenvalue weighted by Gasteiger charge is 2.18. The Morgan fingerprint density at radius 1 is 1.20 bits per heavy atom. The van der Waals surface area contributed by atoms with Gasteiger partial charge < -0.3 is 5.11 Å². The van der Waals surface area contributed by atoms with E-state index in [-0.39, 0.29) is 11.4 Å². The molecule has 0 bridgehead atoms. The number of hydrogen-bond acceptors (Lipinski definition) is 3. The molecule has 1 aromatic heterocycles. The molecular weight excluding hydrogens is 254 g/mol. The average Bonchev–Trinajstić information content (AvgIpc) is 2.83. The van der Waals surface area contributed by atoms with Gasteiger partial charge in [0.25, 0.3) is 0 Å². The Morgan fingerprint density at radius 2 is 1.90 bits per heavy atom. The molecule has 0 aliphatic heterocycles. The first-order valence-electron chi connectivity index (χ1n) is 7.18. The van der Waals surface area contributed by atoms with Gasteiger partial charge in [-0.05, 0) is 43.0 Å². The molecule has 0 amide bonds. The Morgan fingerprint density at radius 3 is 2.60 bits per heavy atom. The summed E-state index contributed by atoms with van der Waals surface area (Å²) in [6.45, 7) is 0.728. The van der Waals surface area contributed by atoms with Crippen LogP contribution in [0.25, 0.3) is 11.4 Å². The van der Waals surface area contributed by atoms with Crippen LogP contribution in [0, 0.1) is 5.92 Å². The average molecular weight is 273 g/mol. The van der Waals surface area contributed by atoms with E-state index in [1.54, 1.807) is 28.8 Å². The van der Waals surface area contributed by atoms with Crippen molar-refractivity contribution in [1.29, 1.82) is 0 Å². The molecule has 5 nitrogen and oxygen atoms in total. The third-order valence-electron chi connectivity index (χ3n) is 4.05. The van der Waals surface area contributed by atoms with Gasteiger partial charge >= 0.3 is 5.69 Å². The fourth-order valence-corrected chi connectivity index (χ4v) is 2.95. The number of aromatic amines is 1. The minimum Gasteiger partial charge on any atom is -0.508 e. The second-order valence-corrected chi connectivity index (χ2v) is 5.51. The van der Waals surface area contributed by atoms with Gasteiger partial charge in [0.2, 0.25) is 0 Å². The fourth-order valence-electron chi connectivity index (χ4n) is 2.95. The first-order chi connectivity index (χ1) is 9.74. The van der Waals surface area contributed by atoms with Crippen LogP contribution in [0.3, 0.4) is 0 Å². The highest BCUT2D eigenvalue weighted by Crippen LogP contribution is 2.26. The highest BCUT2D eigenvalue weighted by molar-refractivity contribution is 5.56. The lowest BCUT2D eigenvalue weighted by Crippen LogP contribution is -2.23. The number of aromatic hydroxyl groups is 1. The predicted molar refractivity (Wildman–Crippen MR) is 76.5 cm³/mol. The van der Waals surface area contributed by atoms with Crippen molar-refractivity contribution in [3.05, 3.63) is 34.7 Å². The molecule has 1 heterocycles. The van der Waals surface area contributed by atoms with Crippen molar-refractivity contribution in [3.63, 3.8) is 0 Å². The van der Waals surface area contributed by atoms with Crippen molar-refractivity contribution in [2.75, 3.05) is 0 Å². The molecule has 2 N–H and O–H groups in total. The molecule has 1 aliphatic carbocycles. The number of hydrogen-bond donors (Lipinski definition) is 2. The summed E-state index contributed by atoms with van der Waals surface area (Å²) in [5.41, 5.74) is 0.690. The standard InChI is InChI=1S/C15H19N3O2/c19-13-8-6-12(7-9-13)14-16-17-15(20)18(14)10-11-4-2-1-3-5-11/h6-9,11,19H,1-5,10H2,(H,17,20). The number of nitrogens with one attached hydrogen (secondary N) is 1. The predicted octanol–water partition coefficient (Wildman–Crippen LogP) is 2.52. The summed E-state index contributed by atoms with van der Waals surface area (Å²) in [6, 6.07) is 6.78. The normalized spacial score (nSPS) is 16.4. The van der Waals surface area contributed by atoms with E-state index < -0.39 is 0 Å². The molecule has 1 fully saturated rings. The minimum absolute atomic E-state index is 0.154. The molecule has 1 saturated carbocycles. The molecule has 5 heteroatoms. The molecule has 20 heavy (non-hydrogen) atoms. The number of rotatable bonds is 3. The molecular formula is C15H19N3O2. The van der Waals surface area contributed by atoms with Crippen LogP contribution in [0.4, 0.5) is 0 Å². The van der Waals surface area contributed by atoms with E-state index in [1.807, 2.05) is 0 Å². The van der Waals surface area contributed by atoms with Crippen molar-refractivity contribution >= 4 is 0 Å². The van der Waals surface area contributed by atoms with Crippen molar-refractivity contribution in [2.45, 2.75) is 38.6 Å². The van der Waals surface area contributed by atoms with Gasteiger partial charge in [-0.1, -0.05) is 19.3 Å². The molecule has 0 saturated heterocycles. The lowest BCUT2D eigenvalue weighted by atomic mass is 9.89. The van der Waals surface area contributed by atoms with E-state index in [0.717, 1.165) is 12.1 Å². The molecule has 0 unspecified atom stereocenters. The van der Waals surface area contributed by atoms with E-state index in [1.165, 1.54) is 32.1 Å². The number of phenolic OH excluding ortho intramolecular Hbond substituents is 1. The van der Waals surface area contributed by atoms with Crippen LogP contribution in [-0.4, -0.2) is 19.9 Å². The number of phenols is 1. The quantitative estimate of drug-likeness (QED) is 0.902. The molecule has 0 spiro atoms. The summed E-state index contributed by atoms with van der Waals surface area (Å²) in [5.74, 6) is 1.43. The lowest BCUT2D eigenvalue weighted by Gasteiger charge is -2.21. The Hall–Kier alpha value is -2.04. The summed E-state index contributed by atoms with van der Waals surface area (Å²) in [4.78, 5) is 11.9. The summed E-state index contributed by atoms with van der Waals surface area (Å²) in [6.07, 6.45) is 6.19. The largest absolute Gasteiger partial charge is 0.508 e. The molecule has 0 radical (unpaired) electrons. The third-order valence-corrected chi connectivity index (χ3v) is 4.05. The summed E-state index contributed by atoms with van der Waals surface area (Å²) in [7, 11) is 0. The maximum absolute atomic E-state index is 11.9. The maximum atomic E-state index is 11.9. The van der Waals surface area contributed by atoms with Crippen LogP contribution in [0.5, 0.6) is 5.75 Å². The van der Waals surface area contributed by atoms with Crippen LogP contribution >= 0.6 is 0 Å². The van der Waals surface area contributed by atoms with E-state index in [2.05, 4.69) is 10.2 Å². The Balaban J connectivity index is 1.88. The second-order valence-electron chi connectivity index (χ2n) is 5.51. The van der Waals surface area contributed by atoms with Gasteiger partial charge in [0.1, 0.15) is 5.75 Å². The highest BCUT2D eigenvalue weighted by atomic mass is 16.3. The molecule has 3 rings (SSSR count). The van der Waals surface area contributed by atoms with Crippen molar-refractivity contribution < 1.29 is 5.11 Å². The third kappa shape index (κ3) is 2.61. The number of H-pyrrole nitrogens is 1. The summed E-state index contributed by atoms with van der Waals surface area (Å²) < 4.78 is 1.72. The Kier molecular flexibility index (Phi) is 3.58. The monoisotopic (exact) mass is 273 g/mol. The molecule has 2 aromatic rings. The number of aromatic nitrogens is 3. The van der Waals surface area contributed by atoms with Crippen LogP contribution in [0.1, 0.15) is 32.1 Å². The smallest absolute Gasteiger partial charge is 0.343 e. The Labute approximate surface area is 117 Å². The van der Waals surface area contributed by atoms with E-state index in [4.69, 9.17) is 0 Å². The van der Waals surface area contributed by atoms with Gasteiger partial charge in [-0.2, -0.15) is 5.10 Å². The van der Waals surface area contributed by atoms with E-state index >= 15 is 0 Å². The number of nitrogens with zero attached hydrogens (tertiary/aromatic N) is 2. The van der Waals surface area contributed by atoms with Crippen LogP contribution in [-0.2, 0) is 6.54 Å². The Bertz CT molecular complexity index is 621. The molecule has 1 aromatic carbocycles. The zero-order valence-corrected chi connectivity index (χ0v) is 11.4. The summed E-state index contributed by atoms with van der Waals surface area (Å²) in [5, 5.41) is 16.0. The van der Waals surface area contributed by atoms with Gasteiger partial charge in [0.15, 0.2) is 5.82 Å². The number of benzene rings is 1. The fraction of sp³-hybridized carbons (Fsp3) is 0.467. The maximum Gasteiger partial charge on any atom is 0.343 e. The lowest BCUT2D eigenvalue weighted by molar-refractivity contribution is 0.317. The van der Waals surface area contributed by atoms with Gasteiger partial charge in [0, 0.05) is 12.1 Å². The molecule has 106 valence electrons. The van der Waals surface area contributed by atoms with Crippen molar-refractivity contribution in [1.82, 2.24) is 14.8 Å². The second kappa shape index (κ2) is 5.53. The molecule has 0 atom stereocenters. The zero-order chi connectivity index (χ0) is 13.9. The van der Waals surface area contributed by atoms with Gasteiger partial charge in [-0.25, -0.2) is 9.89 Å². The van der Waals surface area contributed by atoms with Gasteiger partial charge in [-0.3, -0.25) is 4.57 Å². The van der Waals surface area contributed by atoms with Crippen LogP contribution < -0.4 is 5.69 Å². The zero-order valence-electron chi connectivity index (χ0n) is 11.4.